The number of halogens is 1. The molecule has 1 aromatic rings. The largest absolute Gasteiger partial charge is 0.463 e. The van der Waals surface area contributed by atoms with Crippen LogP contribution < -0.4 is 15.5 Å². The first-order chi connectivity index (χ1) is 12.6. The minimum Gasteiger partial charge on any atom is -0.463 e. The summed E-state index contributed by atoms with van der Waals surface area (Å²) in [5.74, 6) is -0.385. The normalized spacial score (nSPS) is 18.4. The van der Waals surface area contributed by atoms with Crippen LogP contribution in [-0.4, -0.2) is 62.8 Å². The molecule has 2 aliphatic rings. The van der Waals surface area contributed by atoms with Gasteiger partial charge < -0.3 is 20.3 Å². The van der Waals surface area contributed by atoms with Gasteiger partial charge in [-0.25, -0.2) is 9.59 Å². The van der Waals surface area contributed by atoms with Crippen molar-refractivity contribution in [3.05, 3.63) is 40.6 Å². The number of rotatable bonds is 5. The van der Waals surface area contributed by atoms with E-state index >= 15 is 0 Å². The van der Waals surface area contributed by atoms with E-state index in [1.54, 1.807) is 6.92 Å². The maximum atomic E-state index is 12.1. The maximum absolute atomic E-state index is 12.1. The molecule has 3 rings (SSSR count). The molecule has 0 aromatic heterocycles. The third-order valence-corrected chi connectivity index (χ3v) is 4.84. The molecule has 0 bridgehead atoms. The van der Waals surface area contributed by atoms with Crippen LogP contribution in [0.25, 0.3) is 0 Å². The minimum absolute atomic E-state index is 0.194. The van der Waals surface area contributed by atoms with Crippen LogP contribution in [0.1, 0.15) is 6.92 Å². The Bertz CT molecular complexity index is 714. The highest BCUT2D eigenvalue weighted by atomic mass is 35.5. The summed E-state index contributed by atoms with van der Waals surface area (Å²) in [4.78, 5) is 28.3. The first-order valence-corrected chi connectivity index (χ1v) is 9.12. The highest BCUT2D eigenvalue weighted by Gasteiger charge is 2.26. The topological polar surface area (TPSA) is 73.9 Å². The Balaban J connectivity index is 1.64. The molecule has 26 heavy (non-hydrogen) atoms. The Hall–Kier alpha value is -2.25. The predicted octanol–water partition coefficient (Wildman–Crippen LogP) is 1.59. The van der Waals surface area contributed by atoms with Gasteiger partial charge in [0.1, 0.15) is 0 Å². The van der Waals surface area contributed by atoms with Crippen LogP contribution in [-0.2, 0) is 9.53 Å². The maximum Gasteiger partial charge on any atom is 0.337 e. The first-order valence-electron chi connectivity index (χ1n) is 8.74. The van der Waals surface area contributed by atoms with Crippen molar-refractivity contribution in [3.63, 3.8) is 0 Å². The zero-order valence-electron chi connectivity index (χ0n) is 14.8. The van der Waals surface area contributed by atoms with Crippen LogP contribution in [0, 0.1) is 0 Å². The lowest BCUT2D eigenvalue weighted by atomic mass is 10.1. The monoisotopic (exact) mass is 378 g/mol. The molecule has 2 amide bonds. The number of amides is 2. The fraction of sp³-hybridized carbons (Fsp3) is 0.444. The second-order valence-corrected chi connectivity index (χ2v) is 6.61. The molecule has 1 saturated heterocycles. The molecule has 1 fully saturated rings. The van der Waals surface area contributed by atoms with Crippen molar-refractivity contribution in [2.75, 3.05) is 50.8 Å². The second-order valence-electron chi connectivity index (χ2n) is 6.20. The molecule has 140 valence electrons. The van der Waals surface area contributed by atoms with Gasteiger partial charge in [-0.3, -0.25) is 4.90 Å². The van der Waals surface area contributed by atoms with Crippen LogP contribution >= 0.6 is 11.6 Å². The van der Waals surface area contributed by atoms with E-state index in [9.17, 15) is 9.59 Å². The zero-order chi connectivity index (χ0) is 18.5. The quantitative estimate of drug-likeness (QED) is 0.761. The molecule has 0 aliphatic carbocycles. The van der Waals surface area contributed by atoms with Crippen molar-refractivity contribution in [2.45, 2.75) is 6.92 Å². The summed E-state index contributed by atoms with van der Waals surface area (Å²) in [5, 5.41) is 6.13. The summed E-state index contributed by atoms with van der Waals surface area (Å²) in [5.41, 5.74) is 2.15. The summed E-state index contributed by atoms with van der Waals surface area (Å²) >= 11 is 6.28. The molecule has 1 aromatic carbocycles. The molecular weight excluding hydrogens is 356 g/mol. The average molecular weight is 379 g/mol. The summed E-state index contributed by atoms with van der Waals surface area (Å²) in [6, 6.07) is 7.53. The summed E-state index contributed by atoms with van der Waals surface area (Å²) in [6.45, 7) is 6.07. The number of carbonyl (C=O) groups is 2. The second kappa shape index (κ2) is 8.42. The molecule has 0 radical (unpaired) electrons. The smallest absolute Gasteiger partial charge is 0.337 e. The lowest BCUT2D eigenvalue weighted by Crippen LogP contribution is -2.51. The van der Waals surface area contributed by atoms with E-state index in [1.807, 2.05) is 24.3 Å². The number of hydrogen-bond donors (Lipinski definition) is 2. The highest BCUT2D eigenvalue weighted by Crippen LogP contribution is 2.26. The van der Waals surface area contributed by atoms with Crippen molar-refractivity contribution in [3.8, 4) is 0 Å². The number of anilines is 1. The van der Waals surface area contributed by atoms with E-state index < -0.39 is 0 Å². The van der Waals surface area contributed by atoms with Crippen LogP contribution in [0.5, 0.6) is 0 Å². The van der Waals surface area contributed by atoms with Gasteiger partial charge >= 0.3 is 12.0 Å². The number of ether oxygens (including phenoxy) is 1. The molecule has 0 atom stereocenters. The van der Waals surface area contributed by atoms with Crippen molar-refractivity contribution in [1.82, 2.24) is 15.5 Å². The molecule has 0 spiro atoms. The number of carbonyl (C=O) groups excluding carboxylic acids is 2. The molecule has 0 saturated carbocycles. The van der Waals surface area contributed by atoms with E-state index in [1.165, 1.54) is 0 Å². The van der Waals surface area contributed by atoms with Crippen molar-refractivity contribution >= 4 is 29.3 Å². The molecule has 0 unspecified atom stereocenters. The van der Waals surface area contributed by atoms with Crippen LogP contribution in [0.3, 0.4) is 0 Å². The van der Waals surface area contributed by atoms with Gasteiger partial charge in [0.2, 0.25) is 0 Å². The number of para-hydroxylation sites is 1. The van der Waals surface area contributed by atoms with E-state index in [4.69, 9.17) is 16.3 Å². The van der Waals surface area contributed by atoms with Gasteiger partial charge in [0, 0.05) is 38.4 Å². The van der Waals surface area contributed by atoms with Crippen molar-refractivity contribution < 1.29 is 14.3 Å². The van der Waals surface area contributed by atoms with Crippen LogP contribution in [0.4, 0.5) is 10.5 Å². The van der Waals surface area contributed by atoms with Gasteiger partial charge in [-0.05, 0) is 19.1 Å². The SMILES string of the molecule is CCOC(=O)C1=C(CN2CCN(c3ccccc3Cl)CC2)NC(=O)NC1. The molecular formula is C18H23ClN4O3. The van der Waals surface area contributed by atoms with Gasteiger partial charge in [-0.15, -0.1) is 0 Å². The summed E-state index contributed by atoms with van der Waals surface area (Å²) in [6.07, 6.45) is 0. The lowest BCUT2D eigenvalue weighted by Gasteiger charge is -2.37. The Morgan fingerprint density at radius 2 is 1.96 bits per heavy atom. The van der Waals surface area contributed by atoms with Crippen molar-refractivity contribution in [2.24, 2.45) is 0 Å². The van der Waals surface area contributed by atoms with E-state index in [-0.39, 0.29) is 18.5 Å². The molecule has 2 aliphatic heterocycles. The molecule has 2 heterocycles. The number of esters is 1. The first kappa shape index (κ1) is 18.5. The Morgan fingerprint density at radius 1 is 1.23 bits per heavy atom. The van der Waals surface area contributed by atoms with Gasteiger partial charge in [0.15, 0.2) is 0 Å². The highest BCUT2D eigenvalue weighted by molar-refractivity contribution is 6.33. The molecule has 8 heteroatoms. The lowest BCUT2D eigenvalue weighted by molar-refractivity contribution is -0.138. The van der Waals surface area contributed by atoms with Gasteiger partial charge in [0.05, 0.1) is 29.4 Å². The number of urea groups is 1. The predicted molar refractivity (Wildman–Crippen MR) is 100 cm³/mol. The minimum atomic E-state index is -0.385. The Kier molecular flexibility index (Phi) is 6.00. The zero-order valence-corrected chi connectivity index (χ0v) is 15.5. The van der Waals surface area contributed by atoms with E-state index in [2.05, 4.69) is 20.4 Å². The number of nitrogens with zero attached hydrogens (tertiary/aromatic N) is 2. The number of hydrogen-bond acceptors (Lipinski definition) is 5. The Labute approximate surface area is 157 Å². The fourth-order valence-corrected chi connectivity index (χ4v) is 3.41. The van der Waals surface area contributed by atoms with Gasteiger partial charge in [-0.1, -0.05) is 23.7 Å². The summed E-state index contributed by atoms with van der Waals surface area (Å²) in [7, 11) is 0. The van der Waals surface area contributed by atoms with Crippen molar-refractivity contribution in [1.29, 1.82) is 0 Å². The third-order valence-electron chi connectivity index (χ3n) is 4.52. The fourth-order valence-electron chi connectivity index (χ4n) is 3.16. The number of piperazine rings is 1. The van der Waals surface area contributed by atoms with Crippen LogP contribution in [0.2, 0.25) is 5.02 Å². The summed E-state index contributed by atoms with van der Waals surface area (Å²) < 4.78 is 5.09. The van der Waals surface area contributed by atoms with Gasteiger partial charge in [-0.2, -0.15) is 0 Å². The Morgan fingerprint density at radius 3 is 2.65 bits per heavy atom. The molecule has 7 nitrogen and oxygen atoms in total. The van der Waals surface area contributed by atoms with Gasteiger partial charge in [0.25, 0.3) is 0 Å². The standard InChI is InChI=1S/C18H23ClN4O3/c1-2-26-17(24)13-11-20-18(25)21-15(13)12-22-7-9-23(10-8-22)16-6-4-3-5-14(16)19/h3-6H,2,7-12H2,1H3,(H2,20,21,25). The van der Waals surface area contributed by atoms with E-state index in [0.29, 0.717) is 24.4 Å². The number of nitrogens with one attached hydrogen (secondary N) is 2. The third kappa shape index (κ3) is 4.28. The average Bonchev–Trinajstić information content (AvgIpc) is 2.63. The molecule has 2 N–H and O–H groups in total. The number of benzene rings is 1. The van der Waals surface area contributed by atoms with E-state index in [0.717, 1.165) is 36.9 Å². The van der Waals surface area contributed by atoms with Crippen LogP contribution in [0.15, 0.2) is 35.5 Å².